The second kappa shape index (κ2) is 9.61. The lowest BCUT2D eigenvalue weighted by Crippen LogP contribution is -2.61. The Labute approximate surface area is 214 Å². The number of carbonyl (C=O) groups excluding carboxylic acids is 1. The predicted octanol–water partition coefficient (Wildman–Crippen LogP) is 2.67. The van der Waals surface area contributed by atoms with E-state index in [1.54, 1.807) is 20.8 Å². The summed E-state index contributed by atoms with van der Waals surface area (Å²) in [5.41, 5.74) is 4.25. The SMILES string of the molecule is COC[C@@H]1c2cn(S(C)(=O)=O)nc2CN1[C@H]1CO[C@@](c2cc(F)ccc2F)(C(C)(C)C)[C@@H](OC(N)=O)C1. The van der Waals surface area contributed by atoms with Gasteiger partial charge in [0.2, 0.25) is 0 Å². The van der Waals surface area contributed by atoms with Gasteiger partial charge in [0, 0.05) is 43.4 Å². The molecule has 2 aliphatic heterocycles. The molecule has 0 bridgehead atoms. The molecule has 13 heteroatoms. The maximum atomic E-state index is 15.2. The smallest absolute Gasteiger partial charge is 0.404 e. The third kappa shape index (κ3) is 4.85. The Bertz CT molecular complexity index is 1290. The summed E-state index contributed by atoms with van der Waals surface area (Å²) in [4.78, 5) is 14.0. The Balaban J connectivity index is 1.73. The predicted molar refractivity (Wildman–Crippen MR) is 129 cm³/mol. The van der Waals surface area contributed by atoms with Crippen LogP contribution in [0.25, 0.3) is 0 Å². The van der Waals surface area contributed by atoms with E-state index in [1.807, 2.05) is 4.90 Å². The fraction of sp³-hybridized carbons (Fsp3) is 0.583. The number of hydrogen-bond donors (Lipinski definition) is 1. The number of aromatic nitrogens is 2. The van der Waals surface area contributed by atoms with Crippen LogP contribution in [0.2, 0.25) is 0 Å². The molecule has 10 nitrogen and oxygen atoms in total. The van der Waals surface area contributed by atoms with Crippen LogP contribution in [0, 0.1) is 17.0 Å². The second-order valence-corrected chi connectivity index (χ2v) is 12.4. The molecule has 1 aromatic carbocycles. The number of benzene rings is 1. The Kier molecular flexibility index (Phi) is 7.12. The molecular weight excluding hydrogens is 510 g/mol. The van der Waals surface area contributed by atoms with Gasteiger partial charge in [0.1, 0.15) is 23.3 Å². The molecule has 1 fully saturated rings. The van der Waals surface area contributed by atoms with Crippen molar-refractivity contribution in [1.82, 2.24) is 14.1 Å². The maximum Gasteiger partial charge on any atom is 0.404 e. The molecule has 2 aliphatic rings. The molecular formula is C24H32F2N4O6S. The number of hydrogen-bond acceptors (Lipinski definition) is 8. The molecule has 0 radical (unpaired) electrons. The molecule has 4 atom stereocenters. The van der Waals surface area contributed by atoms with E-state index in [0.29, 0.717) is 17.8 Å². The van der Waals surface area contributed by atoms with Crippen LogP contribution in [-0.4, -0.2) is 67.3 Å². The number of rotatable bonds is 6. The molecule has 1 saturated heterocycles. The van der Waals surface area contributed by atoms with Gasteiger partial charge in [-0.05, 0) is 23.6 Å². The first kappa shape index (κ1) is 27.4. The summed E-state index contributed by atoms with van der Waals surface area (Å²) in [6.07, 6.45) is 0.592. The van der Waals surface area contributed by atoms with E-state index in [0.717, 1.165) is 28.5 Å². The van der Waals surface area contributed by atoms with Crippen LogP contribution in [-0.2, 0) is 36.4 Å². The van der Waals surface area contributed by atoms with E-state index in [-0.39, 0.29) is 37.3 Å². The van der Waals surface area contributed by atoms with Crippen molar-refractivity contribution in [2.45, 2.75) is 57.5 Å². The Morgan fingerprint density at radius 3 is 2.62 bits per heavy atom. The number of fused-ring (bicyclic) bond motifs is 1. The van der Waals surface area contributed by atoms with Crippen LogP contribution in [0.3, 0.4) is 0 Å². The highest BCUT2D eigenvalue weighted by molar-refractivity contribution is 7.89. The van der Waals surface area contributed by atoms with Crippen molar-refractivity contribution in [3.05, 3.63) is 52.9 Å². The van der Waals surface area contributed by atoms with Crippen molar-refractivity contribution in [1.29, 1.82) is 0 Å². The van der Waals surface area contributed by atoms with E-state index in [4.69, 9.17) is 19.9 Å². The van der Waals surface area contributed by atoms with E-state index in [1.165, 1.54) is 13.3 Å². The summed E-state index contributed by atoms with van der Waals surface area (Å²) in [7, 11) is -2.04. The first-order valence-electron chi connectivity index (χ1n) is 11.8. The topological polar surface area (TPSA) is 126 Å². The molecule has 1 amide bonds. The Morgan fingerprint density at radius 2 is 2.03 bits per heavy atom. The van der Waals surface area contributed by atoms with E-state index >= 15 is 4.39 Å². The minimum absolute atomic E-state index is 0.0627. The standard InChI is InChI=1S/C24H32F2N4O6S/c1-23(2,3)24(17-8-14(25)6-7-18(17)26)21(36-22(27)31)9-15(12-35-24)29-11-19-16(20(29)13-34-4)10-30(28-19)37(5,32)33/h6-8,10,15,20-21H,9,11-13H2,1-5H3,(H2,27,31)/t15-,20-,21+,24-/m1/s1. The van der Waals surface area contributed by atoms with Gasteiger partial charge in [0.15, 0.2) is 0 Å². The Hall–Kier alpha value is -2.61. The number of amides is 1. The van der Waals surface area contributed by atoms with Crippen LogP contribution < -0.4 is 5.73 Å². The number of carbonyl (C=O) groups is 1. The van der Waals surface area contributed by atoms with Crippen molar-refractivity contribution >= 4 is 16.1 Å². The minimum atomic E-state index is -3.57. The summed E-state index contributed by atoms with van der Waals surface area (Å²) in [6.45, 7) is 6.00. The van der Waals surface area contributed by atoms with Gasteiger partial charge < -0.3 is 19.9 Å². The first-order chi connectivity index (χ1) is 17.2. The van der Waals surface area contributed by atoms with Crippen molar-refractivity contribution in [2.24, 2.45) is 11.1 Å². The molecule has 0 saturated carbocycles. The normalized spacial score (nSPS) is 26.7. The fourth-order valence-corrected chi connectivity index (χ4v) is 6.15. The van der Waals surface area contributed by atoms with Gasteiger partial charge in [0.25, 0.3) is 10.0 Å². The molecule has 4 rings (SSSR count). The largest absolute Gasteiger partial charge is 0.443 e. The number of ether oxygens (including phenoxy) is 3. The quantitative estimate of drug-likeness (QED) is 0.591. The molecule has 1 aromatic heterocycles. The third-order valence-corrected chi connectivity index (χ3v) is 8.04. The molecule has 2 N–H and O–H groups in total. The zero-order valence-corrected chi connectivity index (χ0v) is 22.2. The van der Waals surface area contributed by atoms with Crippen LogP contribution >= 0.6 is 0 Å². The second-order valence-electron chi connectivity index (χ2n) is 10.5. The molecule has 0 unspecified atom stereocenters. The lowest BCUT2D eigenvalue weighted by molar-refractivity contribution is -0.233. The van der Waals surface area contributed by atoms with Crippen LogP contribution in [0.4, 0.5) is 13.6 Å². The minimum Gasteiger partial charge on any atom is -0.443 e. The lowest BCUT2D eigenvalue weighted by Gasteiger charge is -2.54. The molecule has 204 valence electrons. The summed E-state index contributed by atoms with van der Waals surface area (Å²) < 4.78 is 71.8. The molecule has 0 aliphatic carbocycles. The van der Waals surface area contributed by atoms with Crippen molar-refractivity contribution in [2.75, 3.05) is 26.6 Å². The summed E-state index contributed by atoms with van der Waals surface area (Å²) in [5.74, 6) is -1.35. The number of methoxy groups -OCH3 is 1. The Morgan fingerprint density at radius 1 is 1.32 bits per heavy atom. The van der Waals surface area contributed by atoms with Crippen LogP contribution in [0.1, 0.15) is 50.1 Å². The number of halogens is 2. The zero-order valence-electron chi connectivity index (χ0n) is 21.4. The first-order valence-corrected chi connectivity index (χ1v) is 13.6. The molecule has 3 heterocycles. The van der Waals surface area contributed by atoms with Gasteiger partial charge in [-0.15, -0.1) is 0 Å². The van der Waals surface area contributed by atoms with Gasteiger partial charge in [0.05, 0.1) is 31.2 Å². The van der Waals surface area contributed by atoms with E-state index < -0.39 is 44.9 Å². The van der Waals surface area contributed by atoms with Crippen molar-refractivity contribution in [3.63, 3.8) is 0 Å². The highest BCUT2D eigenvalue weighted by Gasteiger charge is 2.58. The fourth-order valence-electron chi connectivity index (χ4n) is 5.60. The highest BCUT2D eigenvalue weighted by Crippen LogP contribution is 2.52. The molecule has 2 aromatic rings. The average molecular weight is 543 g/mol. The van der Waals surface area contributed by atoms with Gasteiger partial charge in [-0.3, -0.25) is 4.90 Å². The summed E-state index contributed by atoms with van der Waals surface area (Å²) in [6, 6.07) is 2.37. The number of nitrogens with two attached hydrogens (primary N) is 1. The number of nitrogens with zero attached hydrogens (tertiary/aromatic N) is 3. The van der Waals surface area contributed by atoms with Gasteiger partial charge in [-0.1, -0.05) is 20.8 Å². The van der Waals surface area contributed by atoms with E-state index in [2.05, 4.69) is 5.10 Å². The summed E-state index contributed by atoms with van der Waals surface area (Å²) in [5, 5.41) is 4.24. The van der Waals surface area contributed by atoms with Crippen molar-refractivity contribution in [3.8, 4) is 0 Å². The average Bonchev–Trinajstić information content (AvgIpc) is 3.34. The third-order valence-electron chi connectivity index (χ3n) is 7.17. The lowest BCUT2D eigenvalue weighted by atomic mass is 9.66. The monoisotopic (exact) mass is 542 g/mol. The highest BCUT2D eigenvalue weighted by atomic mass is 32.2. The molecule has 0 spiro atoms. The van der Waals surface area contributed by atoms with Gasteiger partial charge >= 0.3 is 6.09 Å². The van der Waals surface area contributed by atoms with Gasteiger partial charge in [-0.2, -0.15) is 9.19 Å². The van der Waals surface area contributed by atoms with E-state index in [9.17, 15) is 17.6 Å². The van der Waals surface area contributed by atoms with Gasteiger partial charge in [-0.25, -0.2) is 22.0 Å². The molecule has 37 heavy (non-hydrogen) atoms. The van der Waals surface area contributed by atoms with Crippen LogP contribution in [0.15, 0.2) is 24.4 Å². The zero-order chi connectivity index (χ0) is 27.3. The number of primary amides is 1. The summed E-state index contributed by atoms with van der Waals surface area (Å²) >= 11 is 0. The van der Waals surface area contributed by atoms with Crippen molar-refractivity contribution < 1.29 is 36.2 Å². The maximum absolute atomic E-state index is 15.2. The van der Waals surface area contributed by atoms with Crippen LogP contribution in [0.5, 0.6) is 0 Å².